The molecule has 3 aromatic carbocycles. The second-order valence-corrected chi connectivity index (χ2v) is 7.27. The minimum Gasteiger partial charge on any atom is -0.463 e. The van der Waals surface area contributed by atoms with Crippen LogP contribution in [0.4, 0.5) is 0 Å². The zero-order chi connectivity index (χ0) is 20.1. The summed E-state index contributed by atoms with van der Waals surface area (Å²) in [6.45, 7) is 0. The minimum atomic E-state index is -0.832. The summed E-state index contributed by atoms with van der Waals surface area (Å²) in [5, 5.41) is 2.07. The van der Waals surface area contributed by atoms with Gasteiger partial charge in [-0.05, 0) is 30.3 Å². The van der Waals surface area contributed by atoms with E-state index < -0.39 is 11.8 Å². The van der Waals surface area contributed by atoms with E-state index in [0.717, 1.165) is 14.8 Å². The van der Waals surface area contributed by atoms with Crippen LogP contribution in [0.1, 0.15) is 10.4 Å². The molecule has 1 heterocycles. The molecule has 0 fully saturated rings. The first-order valence-corrected chi connectivity index (χ1v) is 9.49. The summed E-state index contributed by atoms with van der Waals surface area (Å²) in [5.41, 5.74) is 0.413. The maximum absolute atomic E-state index is 12.2. The zero-order valence-electron chi connectivity index (χ0n) is 14.8. The van der Waals surface area contributed by atoms with E-state index in [1.165, 1.54) is 7.11 Å². The summed E-state index contributed by atoms with van der Waals surface area (Å²) in [5.74, 6) is -1.45. The van der Waals surface area contributed by atoms with Crippen LogP contribution < -0.4 is 5.43 Å². The lowest BCUT2D eigenvalue weighted by Gasteiger charge is -2.00. The molecule has 28 heavy (non-hydrogen) atoms. The van der Waals surface area contributed by atoms with E-state index in [4.69, 9.17) is 11.6 Å². The van der Waals surface area contributed by atoms with Crippen molar-refractivity contribution in [2.45, 2.75) is 0 Å². The number of esters is 1. The molecule has 0 bridgehead atoms. The van der Waals surface area contributed by atoms with Crippen molar-refractivity contribution >= 4 is 54.9 Å². The number of benzene rings is 3. The molecule has 6 heteroatoms. The molecule has 4 rings (SSSR count). The van der Waals surface area contributed by atoms with Gasteiger partial charge in [0.1, 0.15) is 0 Å². The van der Waals surface area contributed by atoms with Crippen molar-refractivity contribution in [3.05, 3.63) is 93.6 Å². The number of rotatable bonds is 2. The average Bonchev–Trinajstić information content (AvgIpc) is 2.74. The molecule has 140 valence electrons. The predicted molar refractivity (Wildman–Crippen MR) is 113 cm³/mol. The Labute approximate surface area is 170 Å². The van der Waals surface area contributed by atoms with Crippen LogP contribution in [-0.4, -0.2) is 18.9 Å². The Hall–Kier alpha value is -3.02. The lowest BCUT2D eigenvalue weighted by atomic mass is 10.1. The van der Waals surface area contributed by atoms with Crippen molar-refractivity contribution < 1.29 is 14.3 Å². The quantitative estimate of drug-likeness (QED) is 0.199. The number of methoxy groups -OCH3 is 1. The van der Waals surface area contributed by atoms with Gasteiger partial charge in [-0.1, -0.05) is 54.1 Å². The van der Waals surface area contributed by atoms with Gasteiger partial charge >= 0.3 is 5.97 Å². The lowest BCUT2D eigenvalue weighted by molar-refractivity contribution is -0.135. The van der Waals surface area contributed by atoms with E-state index in [9.17, 15) is 14.4 Å². The number of hydrogen-bond acceptors (Lipinski definition) is 5. The standard InChI is InChI=1S/C13H7ClOS.C9H8O3/c14-8-5-6-12-10(7-8)13(15)9-3-1-2-4-11(9)16-12;1-12-9(11)8(10)7-5-3-2-4-6-7/h1-7H;2-6H,1H3. The van der Waals surface area contributed by atoms with Gasteiger partial charge in [-0.15, -0.1) is 11.3 Å². The number of fused-ring (bicyclic) bond motifs is 2. The zero-order valence-corrected chi connectivity index (χ0v) is 16.4. The number of ether oxygens (including phenoxy) is 1. The van der Waals surface area contributed by atoms with Gasteiger partial charge in [-0.25, -0.2) is 4.79 Å². The molecular weight excluding hydrogens is 396 g/mol. The maximum Gasteiger partial charge on any atom is 0.379 e. The molecule has 0 unspecified atom stereocenters. The van der Waals surface area contributed by atoms with Crippen LogP contribution in [-0.2, 0) is 9.53 Å². The molecule has 0 saturated heterocycles. The van der Waals surface area contributed by atoms with E-state index in [1.807, 2.05) is 36.4 Å². The van der Waals surface area contributed by atoms with Gasteiger partial charge in [0.15, 0.2) is 5.43 Å². The number of halogens is 1. The summed E-state index contributed by atoms with van der Waals surface area (Å²) < 4.78 is 6.27. The first-order valence-electron chi connectivity index (χ1n) is 8.30. The number of carbonyl (C=O) groups excluding carboxylic acids is 2. The lowest BCUT2D eigenvalue weighted by Crippen LogP contribution is -2.15. The van der Waals surface area contributed by atoms with Crippen molar-refractivity contribution in [3.8, 4) is 0 Å². The first kappa shape index (κ1) is 19.7. The van der Waals surface area contributed by atoms with Gasteiger partial charge in [-0.2, -0.15) is 0 Å². The molecular formula is C22H15ClO4S. The summed E-state index contributed by atoms with van der Waals surface area (Å²) in [6, 6.07) is 21.4. The van der Waals surface area contributed by atoms with Crippen LogP contribution in [0.15, 0.2) is 77.6 Å². The highest BCUT2D eigenvalue weighted by Gasteiger charge is 2.15. The third-order valence-corrected chi connectivity index (χ3v) is 5.33. The molecule has 0 atom stereocenters. The highest BCUT2D eigenvalue weighted by molar-refractivity contribution is 7.24. The molecule has 4 aromatic rings. The minimum absolute atomic E-state index is 0.0619. The van der Waals surface area contributed by atoms with Crippen LogP contribution in [0.3, 0.4) is 0 Å². The van der Waals surface area contributed by atoms with Crippen molar-refractivity contribution in [1.82, 2.24) is 0 Å². The number of ketones is 1. The maximum atomic E-state index is 12.2. The van der Waals surface area contributed by atoms with Crippen LogP contribution >= 0.6 is 22.9 Å². The molecule has 0 radical (unpaired) electrons. The molecule has 4 nitrogen and oxygen atoms in total. The predicted octanol–water partition coefficient (Wildman–Crippen LogP) is 5.11. The summed E-state index contributed by atoms with van der Waals surface area (Å²) in [4.78, 5) is 34.0. The van der Waals surface area contributed by atoms with Gasteiger partial charge in [-0.3, -0.25) is 9.59 Å². The Morgan fingerprint density at radius 2 is 1.50 bits per heavy atom. The SMILES string of the molecule is COC(=O)C(=O)c1ccccc1.O=c1c2ccccc2sc2ccc(Cl)cc12. The third kappa shape index (κ3) is 4.27. The van der Waals surface area contributed by atoms with Gasteiger partial charge in [0.05, 0.1) is 7.11 Å². The Bertz CT molecular complexity index is 1220. The van der Waals surface area contributed by atoms with Gasteiger partial charge in [0, 0.05) is 30.8 Å². The van der Waals surface area contributed by atoms with E-state index in [-0.39, 0.29) is 5.43 Å². The number of carbonyl (C=O) groups is 2. The normalized spacial score (nSPS) is 10.2. The van der Waals surface area contributed by atoms with Gasteiger partial charge in [0.25, 0.3) is 5.78 Å². The Kier molecular flexibility index (Phi) is 6.19. The second kappa shape index (κ2) is 8.78. The van der Waals surface area contributed by atoms with Crippen molar-refractivity contribution in [2.24, 2.45) is 0 Å². The average molecular weight is 411 g/mol. The summed E-state index contributed by atoms with van der Waals surface area (Å²) in [6.07, 6.45) is 0. The molecule has 0 saturated carbocycles. The van der Waals surface area contributed by atoms with E-state index in [2.05, 4.69) is 4.74 Å². The van der Waals surface area contributed by atoms with Crippen LogP contribution in [0.2, 0.25) is 5.02 Å². The number of Topliss-reactive ketones (excluding diaryl/α,β-unsaturated/α-hetero) is 1. The largest absolute Gasteiger partial charge is 0.463 e. The Morgan fingerprint density at radius 3 is 2.21 bits per heavy atom. The summed E-state index contributed by atoms with van der Waals surface area (Å²) in [7, 11) is 1.18. The highest BCUT2D eigenvalue weighted by atomic mass is 35.5. The smallest absolute Gasteiger partial charge is 0.379 e. The van der Waals surface area contributed by atoms with Crippen molar-refractivity contribution in [3.63, 3.8) is 0 Å². The molecule has 1 aromatic heterocycles. The topological polar surface area (TPSA) is 60.4 Å². The van der Waals surface area contributed by atoms with E-state index >= 15 is 0 Å². The van der Waals surface area contributed by atoms with Crippen molar-refractivity contribution in [2.75, 3.05) is 7.11 Å². The van der Waals surface area contributed by atoms with Crippen LogP contribution in [0.5, 0.6) is 0 Å². The van der Waals surface area contributed by atoms with Crippen LogP contribution in [0, 0.1) is 0 Å². The van der Waals surface area contributed by atoms with E-state index in [0.29, 0.717) is 16.0 Å². The highest BCUT2D eigenvalue weighted by Crippen LogP contribution is 2.26. The third-order valence-electron chi connectivity index (χ3n) is 3.94. The fourth-order valence-electron chi connectivity index (χ4n) is 2.58. The van der Waals surface area contributed by atoms with E-state index in [1.54, 1.807) is 47.7 Å². The first-order chi connectivity index (χ1) is 13.5. The monoisotopic (exact) mass is 410 g/mol. The van der Waals surface area contributed by atoms with Crippen LogP contribution in [0.25, 0.3) is 20.2 Å². The second-order valence-electron chi connectivity index (χ2n) is 5.75. The molecule has 0 aliphatic carbocycles. The summed E-state index contributed by atoms with van der Waals surface area (Å²) >= 11 is 7.52. The van der Waals surface area contributed by atoms with Crippen molar-refractivity contribution in [1.29, 1.82) is 0 Å². The molecule has 0 N–H and O–H groups in total. The fourth-order valence-corrected chi connectivity index (χ4v) is 3.80. The fraction of sp³-hybridized carbons (Fsp3) is 0.0455. The molecule has 0 spiro atoms. The Balaban J connectivity index is 0.000000169. The number of hydrogen-bond donors (Lipinski definition) is 0. The molecule has 0 aliphatic heterocycles. The Morgan fingerprint density at radius 1 is 0.857 bits per heavy atom. The molecule has 0 aliphatic rings. The van der Waals surface area contributed by atoms with Gasteiger partial charge in [0.2, 0.25) is 0 Å². The van der Waals surface area contributed by atoms with Gasteiger partial charge < -0.3 is 4.74 Å². The molecule has 0 amide bonds.